The lowest BCUT2D eigenvalue weighted by atomic mass is 10.1. The molecule has 186 valence electrons. The summed E-state index contributed by atoms with van der Waals surface area (Å²) in [7, 11) is 1.42. The fraction of sp³-hybridized carbons (Fsp3) is 0.0870. The molecule has 0 aliphatic heterocycles. The van der Waals surface area contributed by atoms with Crippen molar-refractivity contribution in [3.63, 3.8) is 0 Å². The maximum atomic E-state index is 12.7. The highest BCUT2D eigenvalue weighted by Gasteiger charge is 2.21. The number of nitro groups is 1. The van der Waals surface area contributed by atoms with Crippen molar-refractivity contribution in [1.29, 1.82) is 0 Å². The maximum Gasteiger partial charge on any atom is 0.284 e. The number of rotatable bonds is 8. The van der Waals surface area contributed by atoms with Crippen molar-refractivity contribution in [2.24, 2.45) is 5.10 Å². The number of nitrogens with zero attached hydrogens (tertiary/aromatic N) is 6. The number of benzene rings is 2. The van der Waals surface area contributed by atoms with Crippen LogP contribution in [0.25, 0.3) is 33.9 Å². The van der Waals surface area contributed by atoms with E-state index in [0.717, 1.165) is 0 Å². The number of nitrogen functional groups attached to an aromatic ring is 1. The van der Waals surface area contributed by atoms with Gasteiger partial charge in [-0.15, -0.1) is 0 Å². The zero-order valence-corrected chi connectivity index (χ0v) is 19.2. The fourth-order valence-corrected chi connectivity index (χ4v) is 3.68. The minimum absolute atomic E-state index is 0.0423. The summed E-state index contributed by atoms with van der Waals surface area (Å²) in [5.74, 6) is 0.777. The van der Waals surface area contributed by atoms with E-state index in [4.69, 9.17) is 14.9 Å². The zero-order chi connectivity index (χ0) is 25.9. The number of aromatic nitrogens is 4. The number of ether oxygens (including phenoxy) is 1. The van der Waals surface area contributed by atoms with Crippen molar-refractivity contribution in [1.82, 2.24) is 25.3 Å². The van der Waals surface area contributed by atoms with Gasteiger partial charge in [-0.2, -0.15) is 5.10 Å². The lowest BCUT2D eigenvalue weighted by molar-refractivity contribution is -0.384. The Balaban J connectivity index is 1.32. The van der Waals surface area contributed by atoms with Crippen LogP contribution in [-0.2, 0) is 11.3 Å². The number of nitro benzene ring substituents is 1. The van der Waals surface area contributed by atoms with Crippen LogP contribution in [-0.4, -0.2) is 44.0 Å². The SMILES string of the molecule is COc1ccc(-c2ccc(/C=N\NC(=O)Cn3c(-c4nonc4N)nc4ccccc43)o2)c([N+](=O)[O-])c1. The van der Waals surface area contributed by atoms with E-state index in [1.54, 1.807) is 34.9 Å². The Morgan fingerprint density at radius 1 is 1.24 bits per heavy atom. The molecule has 5 aromatic rings. The van der Waals surface area contributed by atoms with Crippen LogP contribution in [0.15, 0.2) is 68.7 Å². The number of hydrogen-bond acceptors (Lipinski definition) is 11. The molecular formula is C23H18N8O6. The number of para-hydroxylation sites is 2. The van der Waals surface area contributed by atoms with Crippen LogP contribution in [0.2, 0.25) is 0 Å². The standard InChI is InChI=1S/C23H18N8O6/c1-35-13-6-8-15(18(10-13)31(33)34)19-9-7-14(36-19)11-25-27-20(32)12-30-17-5-3-2-4-16(17)26-23(30)21-22(24)29-37-28-21/h2-11H,12H2,1H3,(H2,24,29)(H,27,32)/b25-11-. The number of methoxy groups -OCH3 is 1. The van der Waals surface area contributed by atoms with E-state index in [1.165, 1.54) is 25.5 Å². The number of hydrogen-bond donors (Lipinski definition) is 2. The molecule has 5 rings (SSSR count). The van der Waals surface area contributed by atoms with Gasteiger partial charge in [0.2, 0.25) is 0 Å². The third kappa shape index (κ3) is 4.58. The highest BCUT2D eigenvalue weighted by molar-refractivity contribution is 5.86. The van der Waals surface area contributed by atoms with Crippen molar-refractivity contribution in [2.75, 3.05) is 12.8 Å². The quantitative estimate of drug-likeness (QED) is 0.181. The average Bonchev–Trinajstić information content (AvgIpc) is 3.62. The van der Waals surface area contributed by atoms with Crippen molar-refractivity contribution in [3.05, 3.63) is 70.5 Å². The molecule has 0 radical (unpaired) electrons. The van der Waals surface area contributed by atoms with Gasteiger partial charge in [0.05, 0.1) is 40.9 Å². The van der Waals surface area contributed by atoms with Gasteiger partial charge < -0.3 is 19.5 Å². The molecule has 0 fully saturated rings. The molecule has 0 atom stereocenters. The molecule has 14 heteroatoms. The average molecular weight is 502 g/mol. The first-order valence-corrected chi connectivity index (χ1v) is 10.7. The number of anilines is 1. The highest BCUT2D eigenvalue weighted by atomic mass is 16.6. The van der Waals surface area contributed by atoms with Crippen LogP contribution in [0.3, 0.4) is 0 Å². The first kappa shape index (κ1) is 23.2. The fourth-order valence-electron chi connectivity index (χ4n) is 3.68. The minimum Gasteiger partial charge on any atom is -0.497 e. The highest BCUT2D eigenvalue weighted by Crippen LogP contribution is 2.34. The molecule has 3 heterocycles. The number of carbonyl (C=O) groups excluding carboxylic acids is 1. The van der Waals surface area contributed by atoms with Crippen molar-refractivity contribution in [3.8, 4) is 28.6 Å². The summed E-state index contributed by atoms with van der Waals surface area (Å²) < 4.78 is 17.0. The van der Waals surface area contributed by atoms with Crippen LogP contribution in [0.5, 0.6) is 5.75 Å². The largest absolute Gasteiger partial charge is 0.497 e. The second-order valence-electron chi connectivity index (χ2n) is 7.64. The Bertz CT molecular complexity index is 1650. The molecule has 0 spiro atoms. The Labute approximate surface area is 207 Å². The number of imidazole rings is 1. The van der Waals surface area contributed by atoms with Crippen molar-refractivity contribution >= 4 is 34.7 Å². The molecule has 0 bridgehead atoms. The van der Waals surface area contributed by atoms with Crippen LogP contribution in [0.1, 0.15) is 5.76 Å². The first-order valence-electron chi connectivity index (χ1n) is 10.7. The minimum atomic E-state index is -0.523. The van der Waals surface area contributed by atoms with E-state index in [1.807, 2.05) is 12.1 Å². The number of nitrogens with one attached hydrogen (secondary N) is 1. The van der Waals surface area contributed by atoms with E-state index in [0.29, 0.717) is 22.6 Å². The molecule has 37 heavy (non-hydrogen) atoms. The molecule has 2 aromatic carbocycles. The predicted molar refractivity (Wildman–Crippen MR) is 131 cm³/mol. The van der Waals surface area contributed by atoms with E-state index < -0.39 is 10.8 Å². The second kappa shape index (κ2) is 9.61. The molecule has 0 aliphatic rings. The van der Waals surface area contributed by atoms with Gasteiger partial charge in [-0.3, -0.25) is 14.9 Å². The molecule has 3 aromatic heterocycles. The van der Waals surface area contributed by atoms with Crippen LogP contribution in [0.4, 0.5) is 11.5 Å². The predicted octanol–water partition coefficient (Wildman–Crippen LogP) is 3.00. The first-order chi connectivity index (χ1) is 17.9. The van der Waals surface area contributed by atoms with Crippen LogP contribution in [0, 0.1) is 10.1 Å². The normalized spacial score (nSPS) is 11.3. The molecule has 0 unspecified atom stereocenters. The molecule has 0 aliphatic carbocycles. The Kier molecular flexibility index (Phi) is 6.03. The Morgan fingerprint density at radius 3 is 2.84 bits per heavy atom. The third-order valence-corrected chi connectivity index (χ3v) is 5.36. The number of carbonyl (C=O) groups is 1. The molecule has 0 saturated heterocycles. The van der Waals surface area contributed by atoms with Gasteiger partial charge in [0, 0.05) is 0 Å². The number of hydrazone groups is 1. The molecule has 1 amide bonds. The number of fused-ring (bicyclic) bond motifs is 1. The number of amides is 1. The molecule has 14 nitrogen and oxygen atoms in total. The second-order valence-corrected chi connectivity index (χ2v) is 7.64. The summed E-state index contributed by atoms with van der Waals surface area (Å²) in [5, 5.41) is 22.7. The van der Waals surface area contributed by atoms with Gasteiger partial charge >= 0.3 is 0 Å². The van der Waals surface area contributed by atoms with E-state index in [-0.39, 0.29) is 40.8 Å². The van der Waals surface area contributed by atoms with Crippen molar-refractivity contribution in [2.45, 2.75) is 6.54 Å². The summed E-state index contributed by atoms with van der Waals surface area (Å²) in [6, 6.07) is 14.8. The number of furan rings is 1. The zero-order valence-electron chi connectivity index (χ0n) is 19.2. The Morgan fingerprint density at radius 2 is 2.08 bits per heavy atom. The summed E-state index contributed by atoms with van der Waals surface area (Å²) in [4.78, 5) is 28.1. The smallest absolute Gasteiger partial charge is 0.284 e. The molecular weight excluding hydrogens is 484 g/mol. The van der Waals surface area contributed by atoms with Gasteiger partial charge in [-0.1, -0.05) is 12.1 Å². The maximum absolute atomic E-state index is 12.7. The molecule has 3 N–H and O–H groups in total. The Hall–Kier alpha value is -5.53. The molecule has 0 saturated carbocycles. The summed E-state index contributed by atoms with van der Waals surface area (Å²) in [6.07, 6.45) is 1.28. The van der Waals surface area contributed by atoms with E-state index in [9.17, 15) is 14.9 Å². The summed E-state index contributed by atoms with van der Waals surface area (Å²) in [5.41, 5.74) is 9.87. The number of nitrogens with two attached hydrogens (primary N) is 1. The van der Waals surface area contributed by atoms with Crippen LogP contribution >= 0.6 is 0 Å². The topological polar surface area (TPSA) is 190 Å². The van der Waals surface area contributed by atoms with E-state index in [2.05, 4.69) is 30.5 Å². The van der Waals surface area contributed by atoms with Gasteiger partial charge in [0.1, 0.15) is 23.8 Å². The van der Waals surface area contributed by atoms with Crippen LogP contribution < -0.4 is 15.9 Å². The van der Waals surface area contributed by atoms with Gasteiger partial charge in [0.15, 0.2) is 17.3 Å². The summed E-state index contributed by atoms with van der Waals surface area (Å²) in [6.45, 7) is -0.152. The van der Waals surface area contributed by atoms with E-state index >= 15 is 0 Å². The lowest BCUT2D eigenvalue weighted by Gasteiger charge is -2.06. The van der Waals surface area contributed by atoms with Gasteiger partial charge in [-0.05, 0) is 46.7 Å². The summed E-state index contributed by atoms with van der Waals surface area (Å²) >= 11 is 0. The lowest BCUT2D eigenvalue weighted by Crippen LogP contribution is -2.23. The van der Waals surface area contributed by atoms with Gasteiger partial charge in [0.25, 0.3) is 11.6 Å². The third-order valence-electron chi connectivity index (χ3n) is 5.36. The van der Waals surface area contributed by atoms with Crippen molar-refractivity contribution < 1.29 is 23.5 Å². The van der Waals surface area contributed by atoms with Gasteiger partial charge in [-0.25, -0.2) is 15.0 Å². The monoisotopic (exact) mass is 502 g/mol.